The number of thiazole rings is 1. The third kappa shape index (κ3) is 3.44. The minimum Gasteiger partial charge on any atom is -0.440 e. The number of carbonyl (C=O) groups excluding carboxylic acids is 1. The van der Waals surface area contributed by atoms with Crippen LogP contribution in [0.4, 0.5) is 0 Å². The molecule has 5 rings (SSSR count). The first-order valence-electron chi connectivity index (χ1n) is 9.86. The average Bonchev–Trinajstić information content (AvgIpc) is 3.38. The van der Waals surface area contributed by atoms with Gasteiger partial charge in [-0.15, -0.1) is 11.3 Å². The van der Waals surface area contributed by atoms with Crippen LogP contribution in [0.25, 0.3) is 21.7 Å². The Labute approximate surface area is 173 Å². The number of hydrogen-bond acceptors (Lipinski definition) is 5. The van der Waals surface area contributed by atoms with Crippen molar-refractivity contribution in [2.45, 2.75) is 25.7 Å². The maximum Gasteiger partial charge on any atom is 0.265 e. The Hall–Kier alpha value is -2.99. The summed E-state index contributed by atoms with van der Waals surface area (Å²) < 4.78 is 5.94. The van der Waals surface area contributed by atoms with E-state index in [4.69, 9.17) is 4.42 Å². The summed E-state index contributed by atoms with van der Waals surface area (Å²) in [7, 11) is 0. The Kier molecular flexibility index (Phi) is 4.64. The van der Waals surface area contributed by atoms with E-state index in [0.29, 0.717) is 13.1 Å². The average molecular weight is 404 g/mol. The lowest BCUT2D eigenvalue weighted by Gasteiger charge is -2.30. The fraction of sp³-hybridized carbons (Fsp3) is 0.261. The molecule has 1 amide bonds. The van der Waals surface area contributed by atoms with E-state index in [1.165, 1.54) is 11.3 Å². The summed E-state index contributed by atoms with van der Waals surface area (Å²) in [6.07, 6.45) is 1.73. The second-order valence-corrected chi connectivity index (χ2v) is 8.38. The third-order valence-electron chi connectivity index (χ3n) is 5.45. The SMILES string of the molecule is Cc1nc(-c2ccccc2)sc1C(=O)N1CCC(c2nc3ccccc3o2)CC1. The highest BCUT2D eigenvalue weighted by Crippen LogP contribution is 2.33. The van der Waals surface area contributed by atoms with Crippen LogP contribution in [0.3, 0.4) is 0 Å². The summed E-state index contributed by atoms with van der Waals surface area (Å²) in [5.41, 5.74) is 3.58. The number of fused-ring (bicyclic) bond motifs is 1. The van der Waals surface area contributed by atoms with Gasteiger partial charge < -0.3 is 9.32 Å². The van der Waals surface area contributed by atoms with E-state index in [1.807, 2.05) is 66.4 Å². The van der Waals surface area contributed by atoms with Crippen LogP contribution in [0.1, 0.15) is 40.0 Å². The highest BCUT2D eigenvalue weighted by molar-refractivity contribution is 7.17. The lowest BCUT2D eigenvalue weighted by molar-refractivity contribution is 0.0710. The maximum atomic E-state index is 13.1. The minimum absolute atomic E-state index is 0.0817. The smallest absolute Gasteiger partial charge is 0.265 e. The van der Waals surface area contributed by atoms with Gasteiger partial charge in [-0.25, -0.2) is 9.97 Å². The zero-order valence-electron chi connectivity index (χ0n) is 16.2. The number of oxazole rings is 1. The van der Waals surface area contributed by atoms with Crippen LogP contribution in [0.5, 0.6) is 0 Å². The predicted octanol–water partition coefficient (Wildman–Crippen LogP) is 5.28. The quantitative estimate of drug-likeness (QED) is 0.467. The van der Waals surface area contributed by atoms with Crippen molar-refractivity contribution in [2.75, 3.05) is 13.1 Å². The molecule has 1 saturated heterocycles. The zero-order valence-corrected chi connectivity index (χ0v) is 17.0. The summed E-state index contributed by atoms with van der Waals surface area (Å²) >= 11 is 1.48. The normalized spacial score (nSPS) is 15.1. The third-order valence-corrected chi connectivity index (χ3v) is 6.65. The van der Waals surface area contributed by atoms with Crippen LogP contribution in [-0.4, -0.2) is 33.9 Å². The van der Waals surface area contributed by atoms with Gasteiger partial charge in [-0.3, -0.25) is 4.79 Å². The number of piperidine rings is 1. The van der Waals surface area contributed by atoms with Gasteiger partial charge in [-0.05, 0) is 31.9 Å². The second-order valence-electron chi connectivity index (χ2n) is 7.39. The molecule has 0 N–H and O–H groups in total. The van der Waals surface area contributed by atoms with Crippen molar-refractivity contribution in [3.63, 3.8) is 0 Å². The van der Waals surface area contributed by atoms with Gasteiger partial charge in [-0.1, -0.05) is 42.5 Å². The van der Waals surface area contributed by atoms with Gasteiger partial charge in [0.05, 0.1) is 5.69 Å². The Morgan fingerprint density at radius 1 is 1.03 bits per heavy atom. The topological polar surface area (TPSA) is 59.2 Å². The number of amides is 1. The molecule has 2 aromatic heterocycles. The fourth-order valence-corrected chi connectivity index (χ4v) is 4.88. The van der Waals surface area contributed by atoms with Crippen LogP contribution in [0.15, 0.2) is 59.0 Å². The largest absolute Gasteiger partial charge is 0.440 e. The number of likely N-dealkylation sites (tertiary alicyclic amines) is 1. The fourth-order valence-electron chi connectivity index (χ4n) is 3.84. The molecule has 1 fully saturated rings. The van der Waals surface area contributed by atoms with Gasteiger partial charge in [0.15, 0.2) is 11.5 Å². The lowest BCUT2D eigenvalue weighted by Crippen LogP contribution is -2.37. The number of rotatable bonds is 3. The summed E-state index contributed by atoms with van der Waals surface area (Å²) in [6.45, 7) is 3.34. The molecule has 2 aromatic carbocycles. The molecule has 0 bridgehead atoms. The molecule has 0 spiro atoms. The van der Waals surface area contributed by atoms with Crippen molar-refractivity contribution in [3.8, 4) is 10.6 Å². The van der Waals surface area contributed by atoms with E-state index in [9.17, 15) is 4.79 Å². The number of aromatic nitrogens is 2. The Morgan fingerprint density at radius 2 is 1.76 bits per heavy atom. The first-order valence-corrected chi connectivity index (χ1v) is 10.7. The van der Waals surface area contributed by atoms with E-state index in [2.05, 4.69) is 9.97 Å². The summed E-state index contributed by atoms with van der Waals surface area (Å²) in [5, 5.41) is 0.896. The molecule has 1 aliphatic rings. The van der Waals surface area contributed by atoms with E-state index < -0.39 is 0 Å². The van der Waals surface area contributed by atoms with Crippen molar-refractivity contribution in [1.82, 2.24) is 14.9 Å². The van der Waals surface area contributed by atoms with Crippen molar-refractivity contribution < 1.29 is 9.21 Å². The highest BCUT2D eigenvalue weighted by atomic mass is 32.1. The molecule has 29 heavy (non-hydrogen) atoms. The number of hydrogen-bond donors (Lipinski definition) is 0. The van der Waals surface area contributed by atoms with Crippen LogP contribution in [-0.2, 0) is 0 Å². The second kappa shape index (κ2) is 7.44. The van der Waals surface area contributed by atoms with Crippen molar-refractivity contribution in [2.24, 2.45) is 0 Å². The Bertz CT molecular complexity index is 1120. The van der Waals surface area contributed by atoms with Crippen LogP contribution in [0, 0.1) is 6.92 Å². The molecular weight excluding hydrogens is 382 g/mol. The molecule has 146 valence electrons. The zero-order chi connectivity index (χ0) is 19.8. The van der Waals surface area contributed by atoms with Crippen LogP contribution < -0.4 is 0 Å². The summed E-state index contributed by atoms with van der Waals surface area (Å²) in [5.74, 6) is 1.13. The molecule has 6 heteroatoms. The summed E-state index contributed by atoms with van der Waals surface area (Å²) in [4.78, 5) is 25.1. The molecule has 1 aliphatic heterocycles. The van der Waals surface area contributed by atoms with Gasteiger partial charge in [0, 0.05) is 24.6 Å². The Balaban J connectivity index is 1.29. The number of benzene rings is 2. The van der Waals surface area contributed by atoms with Gasteiger partial charge >= 0.3 is 0 Å². The highest BCUT2D eigenvalue weighted by Gasteiger charge is 2.29. The monoisotopic (exact) mass is 403 g/mol. The van der Waals surface area contributed by atoms with Crippen LogP contribution in [0.2, 0.25) is 0 Å². The number of nitrogens with zero attached hydrogens (tertiary/aromatic N) is 3. The standard InChI is InChI=1S/C23H21N3O2S/c1-15-20(29-22(24-15)17-7-3-2-4-8-17)23(27)26-13-11-16(12-14-26)21-25-18-9-5-6-10-19(18)28-21/h2-10,16H,11-14H2,1H3. The van der Waals surface area contributed by atoms with E-state index in [1.54, 1.807) is 0 Å². The molecule has 0 saturated carbocycles. The van der Waals surface area contributed by atoms with Gasteiger partial charge in [-0.2, -0.15) is 0 Å². The number of aryl methyl sites for hydroxylation is 1. The first kappa shape index (κ1) is 18.1. The van der Waals surface area contributed by atoms with E-state index in [-0.39, 0.29) is 11.8 Å². The Morgan fingerprint density at radius 3 is 2.52 bits per heavy atom. The maximum absolute atomic E-state index is 13.1. The van der Waals surface area contributed by atoms with Gasteiger partial charge in [0.2, 0.25) is 0 Å². The molecule has 0 atom stereocenters. The minimum atomic E-state index is 0.0817. The van der Waals surface area contributed by atoms with Crippen LogP contribution >= 0.6 is 11.3 Å². The van der Waals surface area contributed by atoms with Crippen molar-refractivity contribution >= 4 is 28.3 Å². The summed E-state index contributed by atoms with van der Waals surface area (Å²) in [6, 6.07) is 17.9. The molecule has 0 aliphatic carbocycles. The van der Waals surface area contributed by atoms with Crippen molar-refractivity contribution in [3.05, 3.63) is 71.1 Å². The first-order chi connectivity index (χ1) is 14.2. The molecule has 0 unspecified atom stereocenters. The predicted molar refractivity (Wildman–Crippen MR) is 114 cm³/mol. The molecule has 4 aromatic rings. The number of carbonyl (C=O) groups is 1. The lowest BCUT2D eigenvalue weighted by atomic mass is 9.96. The molecule has 5 nitrogen and oxygen atoms in total. The van der Waals surface area contributed by atoms with E-state index in [0.717, 1.165) is 51.0 Å². The van der Waals surface area contributed by atoms with E-state index >= 15 is 0 Å². The van der Waals surface area contributed by atoms with Gasteiger partial charge in [0.25, 0.3) is 5.91 Å². The molecular formula is C23H21N3O2S. The van der Waals surface area contributed by atoms with Crippen molar-refractivity contribution in [1.29, 1.82) is 0 Å². The molecule has 0 radical (unpaired) electrons. The number of para-hydroxylation sites is 2. The van der Waals surface area contributed by atoms with Gasteiger partial charge in [0.1, 0.15) is 15.4 Å². The molecule has 3 heterocycles.